The SMILES string of the molecule is CCCC(OC(=O)C12CC3CC(CC(O)(C3)C1)C2)C(F)(F)C(=O)O. The van der Waals surface area contributed by atoms with Crippen LogP contribution < -0.4 is 0 Å². The van der Waals surface area contributed by atoms with E-state index in [1.807, 2.05) is 0 Å². The van der Waals surface area contributed by atoms with Crippen LogP contribution in [0.2, 0.25) is 0 Å². The topological polar surface area (TPSA) is 83.8 Å². The average molecular weight is 346 g/mol. The van der Waals surface area contributed by atoms with Crippen LogP contribution >= 0.6 is 0 Å². The van der Waals surface area contributed by atoms with Crippen LogP contribution in [0.4, 0.5) is 8.78 Å². The summed E-state index contributed by atoms with van der Waals surface area (Å²) in [5, 5.41) is 19.4. The van der Waals surface area contributed by atoms with E-state index in [-0.39, 0.29) is 31.1 Å². The van der Waals surface area contributed by atoms with Crippen LogP contribution in [0.5, 0.6) is 0 Å². The molecule has 3 unspecified atom stereocenters. The molecule has 2 N–H and O–H groups in total. The minimum absolute atomic E-state index is 0.210. The monoisotopic (exact) mass is 346 g/mol. The molecule has 4 fully saturated rings. The first-order chi connectivity index (χ1) is 11.1. The highest BCUT2D eigenvalue weighted by molar-refractivity contribution is 5.80. The summed E-state index contributed by atoms with van der Waals surface area (Å²) in [6.07, 6.45) is 1.70. The first-order valence-electron chi connectivity index (χ1n) is 8.65. The molecule has 0 aromatic heterocycles. The molecule has 4 saturated carbocycles. The van der Waals surface area contributed by atoms with Gasteiger partial charge in [0.2, 0.25) is 0 Å². The van der Waals surface area contributed by atoms with Crippen LogP contribution in [-0.4, -0.2) is 39.8 Å². The minimum atomic E-state index is -4.11. The van der Waals surface area contributed by atoms with Gasteiger partial charge in [0.05, 0.1) is 11.0 Å². The molecule has 24 heavy (non-hydrogen) atoms. The molecule has 0 radical (unpaired) electrons. The zero-order valence-electron chi connectivity index (χ0n) is 13.8. The molecule has 4 rings (SSSR count). The van der Waals surface area contributed by atoms with Gasteiger partial charge in [0.1, 0.15) is 0 Å². The Morgan fingerprint density at radius 2 is 1.83 bits per heavy atom. The van der Waals surface area contributed by atoms with Crippen molar-refractivity contribution in [1.29, 1.82) is 0 Å². The Hall–Kier alpha value is -1.24. The van der Waals surface area contributed by atoms with E-state index in [9.17, 15) is 23.5 Å². The van der Waals surface area contributed by atoms with E-state index in [0.29, 0.717) is 25.7 Å². The van der Waals surface area contributed by atoms with Gasteiger partial charge in [-0.05, 0) is 56.8 Å². The number of esters is 1. The number of carboxylic acid groups (broad SMARTS) is 1. The zero-order valence-corrected chi connectivity index (χ0v) is 13.8. The summed E-state index contributed by atoms with van der Waals surface area (Å²) >= 11 is 0. The van der Waals surface area contributed by atoms with E-state index in [1.54, 1.807) is 6.92 Å². The smallest absolute Gasteiger partial charge is 0.378 e. The van der Waals surface area contributed by atoms with Crippen molar-refractivity contribution in [2.75, 3.05) is 0 Å². The summed E-state index contributed by atoms with van der Waals surface area (Å²) in [6, 6.07) is 0. The molecule has 0 aromatic carbocycles. The lowest BCUT2D eigenvalue weighted by atomic mass is 9.48. The predicted molar refractivity (Wildman–Crippen MR) is 79.4 cm³/mol. The maximum atomic E-state index is 13.9. The van der Waals surface area contributed by atoms with E-state index >= 15 is 0 Å². The normalized spacial score (nSPS) is 38.8. The molecule has 4 aliphatic carbocycles. The number of ether oxygens (including phenoxy) is 1. The van der Waals surface area contributed by atoms with E-state index < -0.39 is 35.0 Å². The summed E-state index contributed by atoms with van der Waals surface area (Å²) in [6.45, 7) is 1.63. The van der Waals surface area contributed by atoms with Gasteiger partial charge in [-0.2, -0.15) is 8.78 Å². The predicted octanol–water partition coefficient (Wildman–Crippen LogP) is 2.75. The number of aliphatic carboxylic acids is 1. The molecular weight excluding hydrogens is 322 g/mol. The van der Waals surface area contributed by atoms with E-state index in [2.05, 4.69) is 0 Å². The Bertz CT molecular complexity index is 533. The standard InChI is InChI=1S/C17H24F2O5/c1-2-3-12(17(18,19)13(20)21)24-14(22)15-5-10-4-11(6-15)8-16(23,7-10)9-15/h10-12,23H,2-9H2,1H3,(H,20,21). The van der Waals surface area contributed by atoms with Gasteiger partial charge in [-0.3, -0.25) is 4.79 Å². The maximum absolute atomic E-state index is 13.9. The van der Waals surface area contributed by atoms with Gasteiger partial charge in [-0.15, -0.1) is 0 Å². The number of carbonyl (C=O) groups is 2. The molecule has 3 atom stereocenters. The van der Waals surface area contributed by atoms with E-state index in [1.165, 1.54) is 0 Å². The maximum Gasteiger partial charge on any atom is 0.378 e. The molecule has 136 valence electrons. The van der Waals surface area contributed by atoms with Crippen LogP contribution in [-0.2, 0) is 14.3 Å². The second kappa shape index (κ2) is 5.64. The van der Waals surface area contributed by atoms with Crippen LogP contribution in [0, 0.1) is 17.3 Å². The Kier molecular flexibility index (Phi) is 4.13. The number of carbonyl (C=O) groups excluding carboxylic acids is 1. The van der Waals surface area contributed by atoms with Crippen LogP contribution in [0.3, 0.4) is 0 Å². The fourth-order valence-corrected chi connectivity index (χ4v) is 5.42. The second-order valence-corrected chi connectivity index (χ2v) is 8.08. The van der Waals surface area contributed by atoms with Gasteiger partial charge in [0.25, 0.3) is 0 Å². The van der Waals surface area contributed by atoms with Gasteiger partial charge in [0, 0.05) is 0 Å². The largest absolute Gasteiger partial charge is 0.477 e. The zero-order chi connectivity index (χ0) is 17.8. The van der Waals surface area contributed by atoms with Crippen LogP contribution in [0.1, 0.15) is 58.3 Å². The first kappa shape index (κ1) is 17.6. The van der Waals surface area contributed by atoms with Gasteiger partial charge >= 0.3 is 17.9 Å². The molecule has 4 aliphatic rings. The number of hydrogen-bond acceptors (Lipinski definition) is 4. The minimum Gasteiger partial charge on any atom is -0.477 e. The lowest BCUT2D eigenvalue weighted by molar-refractivity contribution is -0.217. The average Bonchev–Trinajstić information content (AvgIpc) is 2.43. The Labute approximate surface area is 139 Å². The molecule has 0 amide bonds. The number of hydrogen-bond donors (Lipinski definition) is 2. The summed E-state index contributed by atoms with van der Waals surface area (Å²) in [5.74, 6) is -6.71. The molecule has 0 spiro atoms. The summed E-state index contributed by atoms with van der Waals surface area (Å²) in [4.78, 5) is 23.6. The van der Waals surface area contributed by atoms with Gasteiger partial charge in [0.15, 0.2) is 6.10 Å². The second-order valence-electron chi connectivity index (χ2n) is 8.08. The molecule has 0 saturated heterocycles. The first-order valence-corrected chi connectivity index (χ1v) is 8.65. The third-order valence-corrected chi connectivity index (χ3v) is 5.95. The van der Waals surface area contributed by atoms with Crippen molar-refractivity contribution < 1.29 is 33.3 Å². The van der Waals surface area contributed by atoms with Gasteiger partial charge in [-0.25, -0.2) is 4.79 Å². The molecule has 0 aromatic rings. The van der Waals surface area contributed by atoms with Crippen LogP contribution in [0.25, 0.3) is 0 Å². The number of halogens is 2. The highest BCUT2D eigenvalue weighted by atomic mass is 19.3. The molecule has 4 bridgehead atoms. The molecule has 7 heteroatoms. The number of rotatable bonds is 6. The fourth-order valence-electron chi connectivity index (χ4n) is 5.42. The van der Waals surface area contributed by atoms with Gasteiger partial charge in [-0.1, -0.05) is 13.3 Å². The Morgan fingerprint density at radius 3 is 2.29 bits per heavy atom. The lowest BCUT2D eigenvalue weighted by Crippen LogP contribution is -2.59. The summed E-state index contributed by atoms with van der Waals surface area (Å²) < 4.78 is 32.8. The fraction of sp³-hybridized carbons (Fsp3) is 0.882. The number of carboxylic acids is 1. The summed E-state index contributed by atoms with van der Waals surface area (Å²) in [7, 11) is 0. The molecular formula is C17H24F2O5. The molecule has 5 nitrogen and oxygen atoms in total. The lowest BCUT2D eigenvalue weighted by Gasteiger charge is -2.58. The Balaban J connectivity index is 1.79. The quantitative estimate of drug-likeness (QED) is 0.723. The van der Waals surface area contributed by atoms with E-state index in [4.69, 9.17) is 9.84 Å². The van der Waals surface area contributed by atoms with Crippen molar-refractivity contribution >= 4 is 11.9 Å². The number of aliphatic hydroxyl groups is 1. The summed E-state index contributed by atoms with van der Waals surface area (Å²) in [5.41, 5.74) is -1.84. The molecule has 0 heterocycles. The van der Waals surface area contributed by atoms with Crippen molar-refractivity contribution in [1.82, 2.24) is 0 Å². The third kappa shape index (κ3) is 2.80. The van der Waals surface area contributed by atoms with Crippen molar-refractivity contribution in [2.45, 2.75) is 75.9 Å². The van der Waals surface area contributed by atoms with Crippen molar-refractivity contribution in [3.05, 3.63) is 0 Å². The van der Waals surface area contributed by atoms with Crippen molar-refractivity contribution in [3.8, 4) is 0 Å². The van der Waals surface area contributed by atoms with E-state index in [0.717, 1.165) is 6.42 Å². The number of alkyl halides is 2. The molecule has 0 aliphatic heterocycles. The van der Waals surface area contributed by atoms with Crippen molar-refractivity contribution in [3.63, 3.8) is 0 Å². The Morgan fingerprint density at radius 1 is 1.25 bits per heavy atom. The van der Waals surface area contributed by atoms with Crippen LogP contribution in [0.15, 0.2) is 0 Å². The highest BCUT2D eigenvalue weighted by Crippen LogP contribution is 2.62. The highest BCUT2D eigenvalue weighted by Gasteiger charge is 2.62. The van der Waals surface area contributed by atoms with Gasteiger partial charge < -0.3 is 14.9 Å². The van der Waals surface area contributed by atoms with Crippen molar-refractivity contribution in [2.24, 2.45) is 17.3 Å². The third-order valence-electron chi connectivity index (χ3n) is 5.95.